The van der Waals surface area contributed by atoms with Crippen LogP contribution in [0.3, 0.4) is 0 Å². The fraction of sp³-hybridized carbons (Fsp3) is 0.143. The van der Waals surface area contributed by atoms with Gasteiger partial charge >= 0.3 is 18.9 Å². The summed E-state index contributed by atoms with van der Waals surface area (Å²) >= 11 is 0. The zero-order chi connectivity index (χ0) is 7.56. The number of allylic oxidation sites excluding steroid dienone is 2. The van der Waals surface area contributed by atoms with Crippen LogP contribution in [0.2, 0.25) is 0 Å². The Balaban J connectivity index is 0.000001000. The molecule has 1 atom stereocenters. The van der Waals surface area contributed by atoms with Crippen molar-refractivity contribution in [2.75, 3.05) is 0 Å². The zero-order valence-electron chi connectivity index (χ0n) is 6.19. The third kappa shape index (κ3) is 2.47. The second-order valence-corrected chi connectivity index (χ2v) is 1.98. The Morgan fingerprint density at radius 1 is 1.45 bits per heavy atom. The van der Waals surface area contributed by atoms with E-state index in [0.29, 0.717) is 0 Å². The summed E-state index contributed by atoms with van der Waals surface area (Å²) in [7, 11) is 0. The molecule has 3 nitrogen and oxygen atoms in total. The van der Waals surface area contributed by atoms with Gasteiger partial charge in [-0.1, -0.05) is 12.2 Å². The third-order valence-corrected chi connectivity index (χ3v) is 1.27. The molecule has 0 bridgehead atoms. The van der Waals surface area contributed by atoms with E-state index in [1.807, 2.05) is 0 Å². The molecule has 54 valence electrons. The number of aliphatic hydroxyl groups excluding tert-OH is 1. The predicted octanol–water partition coefficient (Wildman–Crippen LogP) is -2.28. The minimum Gasteiger partial charge on any atom is -0.482 e. The minimum atomic E-state index is -1.03. The summed E-state index contributed by atoms with van der Waals surface area (Å²) in [6, 6.07) is 0. The van der Waals surface area contributed by atoms with E-state index in [4.69, 9.17) is 10.2 Å². The average Bonchev–Trinajstić information content (AvgIpc) is 1.88. The molecule has 0 spiro atoms. The van der Waals surface area contributed by atoms with Gasteiger partial charge in [0.05, 0.1) is 5.92 Å². The molecule has 0 fully saturated rings. The van der Waals surface area contributed by atoms with Crippen molar-refractivity contribution in [2.24, 2.45) is 5.92 Å². The van der Waals surface area contributed by atoms with Gasteiger partial charge in [0.15, 0.2) is 0 Å². The normalized spacial score (nSPS) is 21.2. The summed E-state index contributed by atoms with van der Waals surface area (Å²) < 4.78 is 0. The molecule has 0 aromatic rings. The van der Waals surface area contributed by atoms with E-state index in [2.05, 4.69) is 0 Å². The number of rotatable bonds is 1. The Morgan fingerprint density at radius 3 is 2.45 bits per heavy atom. The number of hydrogen-bond acceptors (Lipinski definition) is 2. The number of hydrogen-bond donors (Lipinski definition) is 2. The molecule has 0 aromatic carbocycles. The molecule has 0 aliphatic heterocycles. The largest absolute Gasteiger partial charge is 1.00 e. The molecule has 1 unspecified atom stereocenters. The van der Waals surface area contributed by atoms with E-state index in [9.17, 15) is 4.79 Å². The average molecular weight is 146 g/mol. The molecule has 4 heteroatoms. The molecule has 0 saturated carbocycles. The van der Waals surface area contributed by atoms with Crippen molar-refractivity contribution in [1.82, 2.24) is 0 Å². The van der Waals surface area contributed by atoms with E-state index >= 15 is 0 Å². The molecule has 1 aliphatic rings. The molecule has 0 saturated heterocycles. The maximum Gasteiger partial charge on any atom is 1.00 e. The fourth-order valence-corrected chi connectivity index (χ4v) is 0.740. The van der Waals surface area contributed by atoms with Crippen LogP contribution in [0.25, 0.3) is 0 Å². The summed E-state index contributed by atoms with van der Waals surface area (Å²) in [6.45, 7) is 0. The van der Waals surface area contributed by atoms with Gasteiger partial charge < -0.3 is 10.2 Å². The number of aliphatic hydroxyl groups is 1. The van der Waals surface area contributed by atoms with Crippen molar-refractivity contribution >= 4 is 5.97 Å². The van der Waals surface area contributed by atoms with Crippen LogP contribution in [-0.4, -0.2) is 16.2 Å². The quantitative estimate of drug-likeness (QED) is 0.323. The molecule has 1 rings (SSSR count). The minimum absolute atomic E-state index is 0. The van der Waals surface area contributed by atoms with Crippen LogP contribution in [0.5, 0.6) is 0 Å². The molecule has 0 aromatic heterocycles. The topological polar surface area (TPSA) is 57.5 Å². The van der Waals surface area contributed by atoms with Crippen LogP contribution in [-0.2, 0) is 4.79 Å². The fourth-order valence-electron chi connectivity index (χ4n) is 0.740. The van der Waals surface area contributed by atoms with Gasteiger partial charge in [-0.15, -0.1) is 6.08 Å². The Kier molecular flexibility index (Phi) is 4.05. The van der Waals surface area contributed by atoms with E-state index in [-0.39, 0.29) is 25.0 Å². The Bertz CT molecular complexity index is 198. The number of carbonyl (C=O) groups is 1. The molecular formula is C7H7LiO3. The van der Waals surface area contributed by atoms with Gasteiger partial charge in [0.25, 0.3) is 5.97 Å². The van der Waals surface area contributed by atoms with Crippen LogP contribution < -0.4 is 18.9 Å². The second-order valence-electron chi connectivity index (χ2n) is 1.98. The van der Waals surface area contributed by atoms with Gasteiger partial charge in [0.1, 0.15) is 0 Å². The van der Waals surface area contributed by atoms with E-state index < -0.39 is 11.9 Å². The summed E-state index contributed by atoms with van der Waals surface area (Å²) in [5.41, 5.74) is 0. The number of carboxylic acids is 1. The second kappa shape index (κ2) is 4.30. The van der Waals surface area contributed by atoms with Crippen LogP contribution in [0.1, 0.15) is 0 Å². The summed E-state index contributed by atoms with van der Waals surface area (Å²) in [5.74, 6) is -1.89. The van der Waals surface area contributed by atoms with Crippen LogP contribution >= 0.6 is 0 Å². The maximum atomic E-state index is 10.3. The molecule has 11 heavy (non-hydrogen) atoms. The molecule has 0 amide bonds. The third-order valence-electron chi connectivity index (χ3n) is 1.27. The van der Waals surface area contributed by atoms with E-state index in [1.165, 1.54) is 12.2 Å². The first-order valence-electron chi connectivity index (χ1n) is 2.85. The smallest absolute Gasteiger partial charge is 0.482 e. The van der Waals surface area contributed by atoms with Crippen LogP contribution in [0.15, 0.2) is 24.3 Å². The van der Waals surface area contributed by atoms with Gasteiger partial charge in [-0.3, -0.25) is 4.79 Å². The van der Waals surface area contributed by atoms with Crippen molar-refractivity contribution in [3.8, 4) is 0 Å². The first-order chi connectivity index (χ1) is 4.72. The van der Waals surface area contributed by atoms with Crippen molar-refractivity contribution in [3.05, 3.63) is 30.4 Å². The summed E-state index contributed by atoms with van der Waals surface area (Å²) in [4.78, 5) is 10.3. The van der Waals surface area contributed by atoms with Crippen molar-refractivity contribution in [3.63, 3.8) is 0 Å². The SMILES string of the molecule is O=C(O)C1C=CC=C[C-]1O.[Li+]. The summed E-state index contributed by atoms with van der Waals surface area (Å²) in [6.07, 6.45) is 5.87. The molecule has 0 radical (unpaired) electrons. The number of carboxylic acid groups (broad SMARTS) is 1. The van der Waals surface area contributed by atoms with E-state index in [1.54, 1.807) is 12.2 Å². The predicted molar refractivity (Wildman–Crippen MR) is 34.6 cm³/mol. The Labute approximate surface area is 76.6 Å². The first-order valence-corrected chi connectivity index (χ1v) is 2.85. The Morgan fingerprint density at radius 2 is 2.09 bits per heavy atom. The summed E-state index contributed by atoms with van der Waals surface area (Å²) in [5, 5.41) is 17.4. The molecule has 1 aliphatic carbocycles. The number of aliphatic carboxylic acids is 1. The molecular weight excluding hydrogens is 139 g/mol. The first kappa shape index (κ1) is 10.4. The van der Waals surface area contributed by atoms with Gasteiger partial charge in [-0.2, -0.15) is 6.08 Å². The van der Waals surface area contributed by atoms with Gasteiger partial charge in [-0.05, 0) is 0 Å². The van der Waals surface area contributed by atoms with Crippen LogP contribution in [0.4, 0.5) is 0 Å². The Hall–Kier alpha value is -0.623. The zero-order valence-corrected chi connectivity index (χ0v) is 6.19. The monoisotopic (exact) mass is 146 g/mol. The van der Waals surface area contributed by atoms with Crippen molar-refractivity contribution in [2.45, 2.75) is 0 Å². The molecule has 2 N–H and O–H groups in total. The van der Waals surface area contributed by atoms with Crippen LogP contribution in [0, 0.1) is 12.0 Å². The van der Waals surface area contributed by atoms with Crippen molar-refractivity contribution < 1.29 is 33.9 Å². The van der Waals surface area contributed by atoms with Gasteiger partial charge in [-0.25, -0.2) is 6.08 Å². The standard InChI is InChI=1S/C7H7O3.Li/c8-6-4-2-1-3-5(6)7(9)10;/h1-5,8H,(H,9,10);/q-1;+1. The van der Waals surface area contributed by atoms with Gasteiger partial charge in [0, 0.05) is 0 Å². The van der Waals surface area contributed by atoms with Crippen molar-refractivity contribution in [1.29, 1.82) is 0 Å². The molecule has 0 heterocycles. The van der Waals surface area contributed by atoms with Gasteiger partial charge in [0.2, 0.25) is 0 Å². The van der Waals surface area contributed by atoms with E-state index in [0.717, 1.165) is 0 Å². The maximum absolute atomic E-state index is 10.3.